The highest BCUT2D eigenvalue weighted by Gasteiger charge is 2.21. The SMILES string of the molecule is O=C(NCCN1Cc2cc(Cl)ccc2OCC1=O)c1cnccn1. The van der Waals surface area contributed by atoms with Crippen LogP contribution in [-0.2, 0) is 11.3 Å². The Hall–Kier alpha value is -2.67. The molecule has 1 aromatic heterocycles. The van der Waals surface area contributed by atoms with Crippen LogP contribution in [-0.4, -0.2) is 46.4 Å². The van der Waals surface area contributed by atoms with Crippen LogP contribution in [0.2, 0.25) is 5.02 Å². The van der Waals surface area contributed by atoms with Gasteiger partial charge in [-0.25, -0.2) is 4.98 Å². The fraction of sp³-hybridized carbons (Fsp3) is 0.250. The molecule has 8 heteroatoms. The molecule has 1 N–H and O–H groups in total. The van der Waals surface area contributed by atoms with Gasteiger partial charge in [0.2, 0.25) is 0 Å². The van der Waals surface area contributed by atoms with Gasteiger partial charge in [-0.15, -0.1) is 0 Å². The first kappa shape index (κ1) is 16.2. The zero-order valence-corrected chi connectivity index (χ0v) is 13.5. The highest BCUT2D eigenvalue weighted by Crippen LogP contribution is 2.26. The van der Waals surface area contributed by atoms with Crippen molar-refractivity contribution in [2.45, 2.75) is 6.54 Å². The van der Waals surface area contributed by atoms with Crippen LogP contribution in [0.5, 0.6) is 5.75 Å². The summed E-state index contributed by atoms with van der Waals surface area (Å²) in [5.74, 6) is 0.181. The molecular formula is C16H15ClN4O3. The van der Waals surface area contributed by atoms with E-state index in [1.165, 1.54) is 18.6 Å². The quantitative estimate of drug-likeness (QED) is 0.901. The number of benzene rings is 1. The lowest BCUT2D eigenvalue weighted by Gasteiger charge is -2.20. The summed E-state index contributed by atoms with van der Waals surface area (Å²) >= 11 is 6.00. The molecule has 0 bridgehead atoms. The van der Waals surface area contributed by atoms with Gasteiger partial charge in [0.25, 0.3) is 11.8 Å². The van der Waals surface area contributed by atoms with E-state index in [1.54, 1.807) is 23.1 Å². The first-order chi connectivity index (χ1) is 11.6. The summed E-state index contributed by atoms with van der Waals surface area (Å²) < 4.78 is 5.49. The van der Waals surface area contributed by atoms with Crippen molar-refractivity contribution in [2.24, 2.45) is 0 Å². The smallest absolute Gasteiger partial charge is 0.271 e. The van der Waals surface area contributed by atoms with Crippen LogP contribution in [0.15, 0.2) is 36.8 Å². The van der Waals surface area contributed by atoms with E-state index in [9.17, 15) is 9.59 Å². The minimum absolute atomic E-state index is 0.0350. The molecule has 0 unspecified atom stereocenters. The molecule has 0 saturated carbocycles. The summed E-state index contributed by atoms with van der Waals surface area (Å²) in [5.41, 5.74) is 1.08. The average Bonchev–Trinajstić information content (AvgIpc) is 2.75. The molecule has 3 rings (SSSR count). The zero-order valence-electron chi connectivity index (χ0n) is 12.7. The minimum atomic E-state index is -0.329. The zero-order chi connectivity index (χ0) is 16.9. The van der Waals surface area contributed by atoms with Gasteiger partial charge >= 0.3 is 0 Å². The third kappa shape index (κ3) is 3.80. The second kappa shape index (κ2) is 7.27. The number of carbonyl (C=O) groups is 2. The predicted molar refractivity (Wildman–Crippen MR) is 86.7 cm³/mol. The summed E-state index contributed by atoms with van der Waals surface area (Å²) in [7, 11) is 0. The molecule has 124 valence electrons. The van der Waals surface area contributed by atoms with Crippen LogP contribution in [0.4, 0.5) is 0 Å². The maximum Gasteiger partial charge on any atom is 0.271 e. The maximum atomic E-state index is 12.1. The largest absolute Gasteiger partial charge is 0.483 e. The van der Waals surface area contributed by atoms with Crippen molar-refractivity contribution in [3.63, 3.8) is 0 Å². The second-order valence-electron chi connectivity index (χ2n) is 5.20. The predicted octanol–water partition coefficient (Wildman–Crippen LogP) is 1.28. The highest BCUT2D eigenvalue weighted by atomic mass is 35.5. The lowest BCUT2D eigenvalue weighted by atomic mass is 10.2. The molecular weight excluding hydrogens is 332 g/mol. The van der Waals surface area contributed by atoms with E-state index in [0.29, 0.717) is 30.4 Å². The van der Waals surface area contributed by atoms with E-state index in [2.05, 4.69) is 15.3 Å². The van der Waals surface area contributed by atoms with Gasteiger partial charge in [0.1, 0.15) is 11.4 Å². The number of carbonyl (C=O) groups excluding carboxylic acids is 2. The Morgan fingerprint density at radius 2 is 2.25 bits per heavy atom. The molecule has 0 atom stereocenters. The second-order valence-corrected chi connectivity index (χ2v) is 5.64. The number of nitrogens with one attached hydrogen (secondary N) is 1. The van der Waals surface area contributed by atoms with E-state index in [0.717, 1.165) is 5.56 Å². The van der Waals surface area contributed by atoms with Crippen molar-refractivity contribution in [3.8, 4) is 5.75 Å². The van der Waals surface area contributed by atoms with Crippen molar-refractivity contribution < 1.29 is 14.3 Å². The lowest BCUT2D eigenvalue weighted by molar-refractivity contribution is -0.133. The number of ether oxygens (including phenoxy) is 1. The fourth-order valence-electron chi connectivity index (χ4n) is 2.35. The van der Waals surface area contributed by atoms with Crippen molar-refractivity contribution in [3.05, 3.63) is 53.1 Å². The Kier molecular flexibility index (Phi) is 4.90. The standard InChI is InChI=1S/C16H15ClN4O3/c17-12-1-2-14-11(7-12)9-21(15(22)10-24-14)6-5-20-16(23)13-8-18-3-4-19-13/h1-4,7-8H,5-6,9-10H2,(H,20,23). The molecule has 2 amide bonds. The summed E-state index contributed by atoms with van der Waals surface area (Å²) in [6.07, 6.45) is 4.33. The third-order valence-corrected chi connectivity index (χ3v) is 3.79. The van der Waals surface area contributed by atoms with E-state index < -0.39 is 0 Å². The number of halogens is 1. The van der Waals surface area contributed by atoms with Gasteiger partial charge in [-0.3, -0.25) is 14.6 Å². The van der Waals surface area contributed by atoms with E-state index in [-0.39, 0.29) is 24.1 Å². The van der Waals surface area contributed by atoms with Gasteiger partial charge in [-0.1, -0.05) is 11.6 Å². The van der Waals surface area contributed by atoms with Crippen molar-refractivity contribution in [1.29, 1.82) is 0 Å². The van der Waals surface area contributed by atoms with Crippen LogP contribution < -0.4 is 10.1 Å². The molecule has 0 aliphatic carbocycles. The van der Waals surface area contributed by atoms with Crippen LogP contribution in [0.25, 0.3) is 0 Å². The molecule has 1 aliphatic heterocycles. The first-order valence-corrected chi connectivity index (χ1v) is 7.74. The number of hydrogen-bond donors (Lipinski definition) is 1. The van der Waals surface area contributed by atoms with E-state index in [4.69, 9.17) is 16.3 Å². The Balaban J connectivity index is 1.60. The Labute approximate surface area is 143 Å². The third-order valence-electron chi connectivity index (χ3n) is 3.55. The van der Waals surface area contributed by atoms with Gasteiger partial charge < -0.3 is 15.0 Å². The summed E-state index contributed by atoms with van der Waals surface area (Å²) in [5, 5.41) is 3.31. The van der Waals surface area contributed by atoms with Gasteiger partial charge in [0.05, 0.1) is 6.20 Å². The molecule has 1 aromatic carbocycles. The molecule has 1 aliphatic rings. The van der Waals surface area contributed by atoms with Crippen LogP contribution in [0.1, 0.15) is 16.1 Å². The Bertz CT molecular complexity index is 754. The number of rotatable bonds is 4. The van der Waals surface area contributed by atoms with Crippen LogP contribution >= 0.6 is 11.6 Å². The maximum absolute atomic E-state index is 12.1. The molecule has 0 radical (unpaired) electrons. The highest BCUT2D eigenvalue weighted by molar-refractivity contribution is 6.30. The minimum Gasteiger partial charge on any atom is -0.483 e. The summed E-state index contributed by atoms with van der Waals surface area (Å²) in [6.45, 7) is 1.01. The van der Waals surface area contributed by atoms with E-state index in [1.807, 2.05) is 0 Å². The van der Waals surface area contributed by atoms with Crippen molar-refractivity contribution in [2.75, 3.05) is 19.7 Å². The molecule has 7 nitrogen and oxygen atoms in total. The number of fused-ring (bicyclic) bond motifs is 1. The number of nitrogens with zero attached hydrogens (tertiary/aromatic N) is 3. The van der Waals surface area contributed by atoms with Crippen LogP contribution in [0, 0.1) is 0 Å². The number of hydrogen-bond acceptors (Lipinski definition) is 5. The molecule has 2 aromatic rings. The number of aromatic nitrogens is 2. The summed E-state index contributed by atoms with van der Waals surface area (Å²) in [6, 6.07) is 5.26. The van der Waals surface area contributed by atoms with Gasteiger partial charge in [0, 0.05) is 42.6 Å². The lowest BCUT2D eigenvalue weighted by Crippen LogP contribution is -2.39. The fourth-order valence-corrected chi connectivity index (χ4v) is 2.55. The van der Waals surface area contributed by atoms with Gasteiger partial charge in [-0.05, 0) is 18.2 Å². The molecule has 2 heterocycles. The van der Waals surface area contributed by atoms with Crippen LogP contribution in [0.3, 0.4) is 0 Å². The molecule has 0 saturated heterocycles. The normalized spacial score (nSPS) is 13.7. The van der Waals surface area contributed by atoms with Gasteiger partial charge in [-0.2, -0.15) is 0 Å². The number of amides is 2. The topological polar surface area (TPSA) is 84.4 Å². The average molecular weight is 347 g/mol. The first-order valence-electron chi connectivity index (χ1n) is 7.36. The molecule has 24 heavy (non-hydrogen) atoms. The van der Waals surface area contributed by atoms with E-state index >= 15 is 0 Å². The molecule has 0 spiro atoms. The molecule has 0 fully saturated rings. The monoisotopic (exact) mass is 346 g/mol. The van der Waals surface area contributed by atoms with Crippen molar-refractivity contribution >= 4 is 23.4 Å². The summed E-state index contributed by atoms with van der Waals surface area (Å²) in [4.78, 5) is 33.5. The van der Waals surface area contributed by atoms with Gasteiger partial charge in [0.15, 0.2) is 6.61 Å². The Morgan fingerprint density at radius 1 is 1.38 bits per heavy atom. The Morgan fingerprint density at radius 3 is 3.04 bits per heavy atom. The van der Waals surface area contributed by atoms with Crippen molar-refractivity contribution in [1.82, 2.24) is 20.2 Å².